The van der Waals surface area contributed by atoms with Gasteiger partial charge in [-0.3, -0.25) is 0 Å². The predicted molar refractivity (Wildman–Crippen MR) is 191 cm³/mol. The summed E-state index contributed by atoms with van der Waals surface area (Å²) in [7, 11) is -4.25. The van der Waals surface area contributed by atoms with Crippen molar-refractivity contribution < 1.29 is 32.6 Å². The van der Waals surface area contributed by atoms with Crippen LogP contribution in [0.25, 0.3) is 11.3 Å². The molecule has 1 saturated carbocycles. The van der Waals surface area contributed by atoms with Gasteiger partial charge in [-0.25, -0.2) is 27.7 Å². The van der Waals surface area contributed by atoms with Gasteiger partial charge < -0.3 is 24.8 Å². The highest BCUT2D eigenvalue weighted by molar-refractivity contribution is 7.92. The average Bonchev–Trinajstić information content (AvgIpc) is 3.00. The number of likely N-dealkylation sites (tertiary alicyclic amines) is 1. The minimum Gasteiger partial charge on any atom is -0.478 e. The number of ether oxygens (including phenoxy) is 2. The number of rotatable bonds is 11. The Labute approximate surface area is 295 Å². The van der Waals surface area contributed by atoms with Crippen molar-refractivity contribution in [2.75, 3.05) is 24.4 Å². The molecule has 2 heterocycles. The number of aromatic carboxylic acids is 1. The lowest BCUT2D eigenvalue weighted by Gasteiger charge is -2.54. The first kappa shape index (κ1) is 37.0. The number of piperidine rings is 2. The number of anilines is 1. The topological polar surface area (TPSA) is 160 Å². The van der Waals surface area contributed by atoms with Crippen LogP contribution in [0.1, 0.15) is 75.9 Å². The highest BCUT2D eigenvalue weighted by atomic mass is 32.2. The number of benzene rings is 2. The fraction of sp³-hybridized carbons (Fsp3) is 0.514. The molecule has 3 N–H and O–H groups in total. The van der Waals surface area contributed by atoms with Crippen LogP contribution in [0.4, 0.5) is 10.7 Å². The van der Waals surface area contributed by atoms with Crippen LogP contribution in [0.3, 0.4) is 0 Å². The van der Waals surface area contributed by atoms with Crippen LogP contribution in [0, 0.1) is 31.1 Å². The summed E-state index contributed by atoms with van der Waals surface area (Å²) in [5.74, 6) is -0.634. The molecule has 1 aromatic heterocycles. The minimum atomic E-state index is -4.25. The molecule has 12 nitrogen and oxygen atoms in total. The van der Waals surface area contributed by atoms with E-state index in [1.807, 2.05) is 57.7 Å². The molecule has 13 heteroatoms. The van der Waals surface area contributed by atoms with Crippen molar-refractivity contribution in [3.63, 3.8) is 0 Å². The van der Waals surface area contributed by atoms with Gasteiger partial charge in [-0.2, -0.15) is 4.98 Å². The number of carbonyl (C=O) groups excluding carboxylic acids is 1. The first-order valence-electron chi connectivity index (χ1n) is 17.0. The van der Waals surface area contributed by atoms with Crippen molar-refractivity contribution in [3.8, 4) is 17.1 Å². The highest BCUT2D eigenvalue weighted by Crippen LogP contribution is 2.41. The average molecular weight is 708 g/mol. The van der Waals surface area contributed by atoms with Gasteiger partial charge in [0.15, 0.2) is 0 Å². The van der Waals surface area contributed by atoms with E-state index in [4.69, 9.17) is 9.47 Å². The second kappa shape index (κ2) is 14.2. The summed E-state index contributed by atoms with van der Waals surface area (Å²) in [4.78, 5) is 34.9. The normalized spacial score (nSPS) is 19.7. The molecule has 3 unspecified atom stereocenters. The van der Waals surface area contributed by atoms with Crippen molar-refractivity contribution in [1.82, 2.24) is 20.2 Å². The lowest BCUT2D eigenvalue weighted by atomic mass is 9.66. The Kier molecular flexibility index (Phi) is 10.5. The van der Waals surface area contributed by atoms with E-state index in [1.165, 1.54) is 18.2 Å². The van der Waals surface area contributed by atoms with E-state index in [1.54, 1.807) is 6.07 Å². The zero-order valence-corrected chi connectivity index (χ0v) is 30.9. The van der Waals surface area contributed by atoms with Crippen molar-refractivity contribution in [1.29, 1.82) is 0 Å². The number of aryl methyl sites for hydroxylation is 2. The standard InChI is InChI=1S/C37H49N5O7S/c1-22-11-9-12-23(2)31(22)29-17-30(40-34(39-29)41-50(46,47)28-14-10-13-24(16-28)33(43)44)48-21-27(18-36(3,4)5)38-32-25-15-26(32)20-42(19-25)35(45)49-37(6,7)8/h9-14,16-17,25-27,32,38H,15,18-21H2,1-8H3,(H,43,44)(H,39,40,41). The van der Waals surface area contributed by atoms with Gasteiger partial charge in [-0.05, 0) is 94.0 Å². The Balaban J connectivity index is 1.38. The molecule has 5 rings (SSSR count). The number of aromatic nitrogens is 2. The van der Waals surface area contributed by atoms with Crippen molar-refractivity contribution in [2.24, 2.45) is 17.3 Å². The maximum Gasteiger partial charge on any atom is 0.410 e. The maximum atomic E-state index is 13.4. The monoisotopic (exact) mass is 707 g/mol. The lowest BCUT2D eigenvalue weighted by molar-refractivity contribution is -0.0409. The number of carboxylic acid groups (broad SMARTS) is 1. The molecular weight excluding hydrogens is 659 g/mol. The van der Waals surface area contributed by atoms with Crippen LogP contribution >= 0.6 is 0 Å². The van der Waals surface area contributed by atoms with Gasteiger partial charge in [-0.1, -0.05) is 45.0 Å². The zero-order valence-electron chi connectivity index (χ0n) is 30.1. The predicted octanol–water partition coefficient (Wildman–Crippen LogP) is 6.29. The number of nitrogens with zero attached hydrogens (tertiary/aromatic N) is 3. The summed E-state index contributed by atoms with van der Waals surface area (Å²) < 4.78 is 41.3. The third kappa shape index (κ3) is 9.11. The molecule has 2 bridgehead atoms. The second-order valence-electron chi connectivity index (χ2n) is 15.7. The summed E-state index contributed by atoms with van der Waals surface area (Å²) >= 11 is 0. The van der Waals surface area contributed by atoms with Crippen molar-refractivity contribution in [3.05, 3.63) is 65.2 Å². The second-order valence-corrected chi connectivity index (χ2v) is 17.4. The molecule has 1 aliphatic carbocycles. The molecule has 0 spiro atoms. The molecule has 2 aliphatic rings. The van der Waals surface area contributed by atoms with Crippen molar-refractivity contribution in [2.45, 2.75) is 90.8 Å². The van der Waals surface area contributed by atoms with Crippen LogP contribution in [0.15, 0.2) is 53.4 Å². The molecule has 3 aromatic rings. The van der Waals surface area contributed by atoms with E-state index in [0.29, 0.717) is 30.6 Å². The smallest absolute Gasteiger partial charge is 0.410 e. The quantitative estimate of drug-likeness (QED) is 0.207. The SMILES string of the molecule is Cc1cccc(C)c1-c1cc(OCC(CC(C)(C)C)NC2C3CC2CN(C(=O)OC(C)(C)C)C3)nc(NS(=O)(=O)c2cccc(C(=O)O)c2)n1. The number of amides is 1. The third-order valence-corrected chi connectivity index (χ3v) is 10.3. The van der Waals surface area contributed by atoms with Crippen LogP contribution < -0.4 is 14.8 Å². The summed E-state index contributed by atoms with van der Waals surface area (Å²) in [6.07, 6.45) is 1.57. The van der Waals surface area contributed by atoms with Gasteiger partial charge in [0, 0.05) is 36.8 Å². The fourth-order valence-corrected chi connectivity index (χ4v) is 7.85. The molecule has 50 heavy (non-hydrogen) atoms. The molecular formula is C37H49N5O7S. The van der Waals surface area contributed by atoms with Gasteiger partial charge in [0.25, 0.3) is 10.0 Å². The first-order chi connectivity index (χ1) is 23.3. The van der Waals surface area contributed by atoms with Gasteiger partial charge in [-0.15, -0.1) is 0 Å². The molecule has 2 aromatic carbocycles. The number of carboxylic acids is 1. The number of sulfonamides is 1. The molecule has 1 saturated heterocycles. The van der Waals surface area contributed by atoms with Gasteiger partial charge in [0.1, 0.15) is 12.2 Å². The van der Waals surface area contributed by atoms with E-state index in [9.17, 15) is 23.1 Å². The number of hydrogen-bond acceptors (Lipinski definition) is 9. The summed E-state index contributed by atoms with van der Waals surface area (Å²) in [6.45, 7) is 17.6. The third-order valence-electron chi connectivity index (χ3n) is 8.96. The van der Waals surface area contributed by atoms with E-state index >= 15 is 0 Å². The van der Waals surface area contributed by atoms with E-state index in [2.05, 4.69) is 40.8 Å². The maximum absolute atomic E-state index is 13.4. The van der Waals surface area contributed by atoms with Crippen LogP contribution in [-0.4, -0.2) is 77.8 Å². The Bertz CT molecular complexity index is 1820. The molecule has 2 fully saturated rings. The number of hydrogen-bond donors (Lipinski definition) is 3. The van der Waals surface area contributed by atoms with E-state index < -0.39 is 21.6 Å². The summed E-state index contributed by atoms with van der Waals surface area (Å²) in [5.41, 5.74) is 2.47. The Morgan fingerprint density at radius 1 is 0.980 bits per heavy atom. The summed E-state index contributed by atoms with van der Waals surface area (Å²) in [6, 6.07) is 12.8. The minimum absolute atomic E-state index is 0.0250. The Morgan fingerprint density at radius 2 is 1.62 bits per heavy atom. The lowest BCUT2D eigenvalue weighted by Crippen LogP contribution is -2.66. The molecule has 270 valence electrons. The van der Waals surface area contributed by atoms with Gasteiger partial charge in [0.05, 0.1) is 16.2 Å². The molecule has 1 amide bonds. The van der Waals surface area contributed by atoms with Crippen LogP contribution in [0.2, 0.25) is 0 Å². The number of nitrogens with one attached hydrogen (secondary N) is 2. The number of fused-ring (bicyclic) bond motifs is 2. The highest BCUT2D eigenvalue weighted by Gasteiger charge is 2.49. The number of carbonyl (C=O) groups is 2. The van der Waals surface area contributed by atoms with E-state index in [0.717, 1.165) is 35.6 Å². The summed E-state index contributed by atoms with van der Waals surface area (Å²) in [5, 5.41) is 13.2. The fourth-order valence-electron chi connectivity index (χ4n) is 6.87. The Hall–Kier alpha value is -4.23. The molecule has 3 atom stereocenters. The van der Waals surface area contributed by atoms with E-state index in [-0.39, 0.29) is 52.5 Å². The Morgan fingerprint density at radius 3 is 2.22 bits per heavy atom. The molecule has 0 radical (unpaired) electrons. The first-order valence-corrected chi connectivity index (χ1v) is 18.4. The zero-order chi connectivity index (χ0) is 36.6. The largest absolute Gasteiger partial charge is 0.478 e. The van der Waals surface area contributed by atoms with Gasteiger partial charge in [0.2, 0.25) is 11.8 Å². The van der Waals surface area contributed by atoms with Crippen LogP contribution in [-0.2, 0) is 14.8 Å². The molecule has 1 aliphatic heterocycles. The van der Waals surface area contributed by atoms with Gasteiger partial charge >= 0.3 is 12.1 Å². The van der Waals surface area contributed by atoms with Crippen LogP contribution in [0.5, 0.6) is 5.88 Å². The van der Waals surface area contributed by atoms with Crippen molar-refractivity contribution >= 4 is 28.0 Å².